The number of hydrogen-bond donors (Lipinski definition) is 2. The first kappa shape index (κ1) is 20.6. The predicted molar refractivity (Wildman–Crippen MR) is 95.9 cm³/mol. The van der Waals surface area contributed by atoms with E-state index in [1.54, 1.807) is 31.2 Å². The number of sulfonamides is 1. The van der Waals surface area contributed by atoms with E-state index in [0.29, 0.717) is 26.1 Å². The molecule has 1 atom stereocenters. The van der Waals surface area contributed by atoms with E-state index in [2.05, 4.69) is 5.32 Å². The largest absolute Gasteiger partial charge is 0.350 e. The molecule has 0 aliphatic rings. The van der Waals surface area contributed by atoms with Gasteiger partial charge in [0.25, 0.3) is 0 Å². The standard InChI is InChI=1S/C17H29N3O3S/c1-5-12-17(4,18)16(21)19-13-14-8-10-15(11-9-14)24(22,23)20(6-2)7-3/h8-11H,5-7,12-13,18H2,1-4H3,(H,19,21). The molecule has 0 saturated carbocycles. The van der Waals surface area contributed by atoms with Crippen LogP contribution in [-0.2, 0) is 21.4 Å². The van der Waals surface area contributed by atoms with Crippen molar-refractivity contribution in [2.45, 2.75) is 57.5 Å². The Morgan fingerprint density at radius 3 is 2.17 bits per heavy atom. The van der Waals surface area contributed by atoms with Crippen molar-refractivity contribution in [1.82, 2.24) is 9.62 Å². The monoisotopic (exact) mass is 355 g/mol. The first-order chi connectivity index (χ1) is 11.2. The van der Waals surface area contributed by atoms with Crippen LogP contribution in [0.4, 0.5) is 0 Å². The number of nitrogens with one attached hydrogen (secondary N) is 1. The van der Waals surface area contributed by atoms with E-state index in [0.717, 1.165) is 12.0 Å². The fraction of sp³-hybridized carbons (Fsp3) is 0.588. The third-order valence-electron chi connectivity index (χ3n) is 4.01. The second-order valence-electron chi connectivity index (χ2n) is 6.08. The van der Waals surface area contributed by atoms with Crippen LogP contribution in [-0.4, -0.2) is 37.3 Å². The summed E-state index contributed by atoms with van der Waals surface area (Å²) in [5, 5.41) is 2.80. The van der Waals surface area contributed by atoms with Crippen molar-refractivity contribution in [1.29, 1.82) is 0 Å². The first-order valence-corrected chi connectivity index (χ1v) is 9.79. The topological polar surface area (TPSA) is 92.5 Å². The zero-order valence-electron chi connectivity index (χ0n) is 15.0. The molecule has 0 heterocycles. The van der Waals surface area contributed by atoms with E-state index in [1.807, 2.05) is 20.8 Å². The normalized spacial score (nSPS) is 14.4. The summed E-state index contributed by atoms with van der Waals surface area (Å²) in [4.78, 5) is 12.3. The maximum absolute atomic E-state index is 12.4. The highest BCUT2D eigenvalue weighted by Gasteiger charge is 2.26. The smallest absolute Gasteiger partial charge is 0.243 e. The second kappa shape index (κ2) is 8.60. The van der Waals surface area contributed by atoms with Crippen molar-refractivity contribution in [3.05, 3.63) is 29.8 Å². The molecule has 24 heavy (non-hydrogen) atoms. The molecule has 0 bridgehead atoms. The summed E-state index contributed by atoms with van der Waals surface area (Å²) in [5.41, 5.74) is 5.92. The average molecular weight is 356 g/mol. The number of nitrogens with two attached hydrogens (primary N) is 1. The maximum Gasteiger partial charge on any atom is 0.243 e. The Balaban J connectivity index is 2.77. The van der Waals surface area contributed by atoms with Gasteiger partial charge in [-0.25, -0.2) is 8.42 Å². The predicted octanol–water partition coefficient (Wildman–Crippen LogP) is 1.85. The van der Waals surface area contributed by atoms with Crippen LogP contribution in [0.25, 0.3) is 0 Å². The third-order valence-corrected chi connectivity index (χ3v) is 6.07. The van der Waals surface area contributed by atoms with Crippen LogP contribution in [0.15, 0.2) is 29.2 Å². The number of benzene rings is 1. The van der Waals surface area contributed by atoms with Gasteiger partial charge in [-0.1, -0.05) is 39.3 Å². The molecule has 1 rings (SSSR count). The van der Waals surface area contributed by atoms with Crippen LogP contribution in [0.3, 0.4) is 0 Å². The minimum atomic E-state index is -3.45. The van der Waals surface area contributed by atoms with Crippen molar-refractivity contribution in [2.75, 3.05) is 13.1 Å². The van der Waals surface area contributed by atoms with Crippen molar-refractivity contribution in [3.8, 4) is 0 Å². The number of hydrogen-bond acceptors (Lipinski definition) is 4. The van der Waals surface area contributed by atoms with E-state index in [-0.39, 0.29) is 10.8 Å². The molecular formula is C17H29N3O3S. The van der Waals surface area contributed by atoms with Crippen molar-refractivity contribution in [2.24, 2.45) is 5.73 Å². The Hall–Kier alpha value is -1.44. The minimum absolute atomic E-state index is 0.204. The van der Waals surface area contributed by atoms with Crippen LogP contribution < -0.4 is 11.1 Å². The van der Waals surface area contributed by atoms with Crippen molar-refractivity contribution in [3.63, 3.8) is 0 Å². The Kier molecular flexibility index (Phi) is 7.38. The molecule has 1 aromatic carbocycles. The van der Waals surface area contributed by atoms with Crippen molar-refractivity contribution >= 4 is 15.9 Å². The summed E-state index contributed by atoms with van der Waals surface area (Å²) in [7, 11) is -3.45. The third kappa shape index (κ3) is 5.03. The number of nitrogens with zero attached hydrogens (tertiary/aromatic N) is 1. The van der Waals surface area contributed by atoms with Crippen LogP contribution in [0.1, 0.15) is 46.1 Å². The average Bonchev–Trinajstić information content (AvgIpc) is 2.53. The highest BCUT2D eigenvalue weighted by molar-refractivity contribution is 7.89. The second-order valence-corrected chi connectivity index (χ2v) is 8.02. The molecule has 6 nitrogen and oxygen atoms in total. The van der Waals surface area contributed by atoms with E-state index in [1.165, 1.54) is 4.31 Å². The molecule has 0 radical (unpaired) electrons. The fourth-order valence-corrected chi connectivity index (χ4v) is 3.97. The molecule has 3 N–H and O–H groups in total. The Morgan fingerprint density at radius 2 is 1.71 bits per heavy atom. The summed E-state index contributed by atoms with van der Waals surface area (Å²) >= 11 is 0. The van der Waals surface area contributed by atoms with Crippen LogP contribution in [0.2, 0.25) is 0 Å². The van der Waals surface area contributed by atoms with Crippen LogP contribution in [0, 0.1) is 0 Å². The maximum atomic E-state index is 12.4. The molecular weight excluding hydrogens is 326 g/mol. The van der Waals surface area contributed by atoms with Crippen molar-refractivity contribution < 1.29 is 13.2 Å². The lowest BCUT2D eigenvalue weighted by atomic mass is 9.96. The molecule has 0 aromatic heterocycles. The molecule has 0 aliphatic heterocycles. The molecule has 136 valence electrons. The summed E-state index contributed by atoms with van der Waals surface area (Å²) in [6, 6.07) is 6.57. The fourth-order valence-electron chi connectivity index (χ4n) is 2.51. The lowest BCUT2D eigenvalue weighted by Gasteiger charge is -2.23. The van der Waals surface area contributed by atoms with Gasteiger partial charge < -0.3 is 11.1 Å². The number of amides is 1. The zero-order chi connectivity index (χ0) is 18.4. The van der Waals surface area contributed by atoms with Gasteiger partial charge in [0.05, 0.1) is 10.4 Å². The van der Waals surface area contributed by atoms with Gasteiger partial charge in [-0.05, 0) is 31.0 Å². The van der Waals surface area contributed by atoms with Gasteiger partial charge in [0.15, 0.2) is 0 Å². The Labute approximate surface area is 145 Å². The SMILES string of the molecule is CCCC(C)(N)C(=O)NCc1ccc(S(=O)(=O)N(CC)CC)cc1. The summed E-state index contributed by atoms with van der Waals surface area (Å²) in [6.07, 6.45) is 1.44. The van der Waals surface area contributed by atoms with Gasteiger partial charge >= 0.3 is 0 Å². The lowest BCUT2D eigenvalue weighted by molar-refractivity contribution is -0.126. The molecule has 1 aromatic rings. The first-order valence-electron chi connectivity index (χ1n) is 8.35. The number of rotatable bonds is 9. The van der Waals surface area contributed by atoms with Gasteiger partial charge in [0.1, 0.15) is 0 Å². The number of carbonyl (C=O) groups is 1. The highest BCUT2D eigenvalue weighted by atomic mass is 32.2. The van der Waals surface area contributed by atoms with Gasteiger partial charge in [-0.15, -0.1) is 0 Å². The molecule has 0 spiro atoms. The van der Waals surface area contributed by atoms with Crippen LogP contribution in [0.5, 0.6) is 0 Å². The van der Waals surface area contributed by atoms with Gasteiger partial charge in [-0.3, -0.25) is 4.79 Å². The molecule has 0 fully saturated rings. The zero-order valence-corrected chi connectivity index (χ0v) is 15.8. The van der Waals surface area contributed by atoms with E-state index < -0.39 is 15.6 Å². The lowest BCUT2D eigenvalue weighted by Crippen LogP contribution is -2.51. The molecule has 1 unspecified atom stereocenters. The number of carbonyl (C=O) groups excluding carboxylic acids is 1. The quantitative estimate of drug-likeness (QED) is 0.707. The molecule has 7 heteroatoms. The minimum Gasteiger partial charge on any atom is -0.350 e. The Bertz CT molecular complexity index is 636. The molecule has 0 aliphatic carbocycles. The van der Waals surface area contributed by atoms with E-state index in [4.69, 9.17) is 5.73 Å². The highest BCUT2D eigenvalue weighted by Crippen LogP contribution is 2.16. The molecule has 1 amide bonds. The Morgan fingerprint density at radius 1 is 1.17 bits per heavy atom. The summed E-state index contributed by atoms with van der Waals surface area (Å²) < 4.78 is 26.2. The van der Waals surface area contributed by atoms with E-state index >= 15 is 0 Å². The summed E-state index contributed by atoms with van der Waals surface area (Å²) in [6.45, 7) is 8.50. The van der Waals surface area contributed by atoms with Crippen LogP contribution >= 0.6 is 0 Å². The van der Waals surface area contributed by atoms with Gasteiger partial charge in [0.2, 0.25) is 15.9 Å². The van der Waals surface area contributed by atoms with Gasteiger partial charge in [-0.2, -0.15) is 4.31 Å². The molecule has 0 saturated heterocycles. The van der Waals surface area contributed by atoms with E-state index in [9.17, 15) is 13.2 Å². The van der Waals surface area contributed by atoms with Gasteiger partial charge in [0, 0.05) is 19.6 Å². The summed E-state index contributed by atoms with van der Waals surface area (Å²) in [5.74, 6) is -0.204.